The van der Waals surface area contributed by atoms with E-state index >= 15 is 0 Å². The van der Waals surface area contributed by atoms with Gasteiger partial charge in [0.25, 0.3) is 0 Å². The highest BCUT2D eigenvalue weighted by Gasteiger charge is 2.44. The van der Waals surface area contributed by atoms with E-state index in [2.05, 4.69) is 4.90 Å². The fourth-order valence-corrected chi connectivity index (χ4v) is 2.49. The van der Waals surface area contributed by atoms with Gasteiger partial charge in [-0.2, -0.15) is 0 Å². The molecule has 1 aliphatic carbocycles. The number of halogens is 1. The van der Waals surface area contributed by atoms with Crippen LogP contribution in [0, 0.1) is 11.3 Å². The minimum Gasteiger partial charge on any atom is -0.384 e. The topological polar surface area (TPSA) is 12.5 Å². The number of methoxy groups -OCH3 is 1. The second-order valence-corrected chi connectivity index (χ2v) is 4.98. The first-order valence-corrected chi connectivity index (χ1v) is 5.55. The molecule has 0 aromatic heterocycles. The van der Waals surface area contributed by atoms with Crippen molar-refractivity contribution in [3.8, 4) is 0 Å². The molecule has 0 N–H and O–H groups in total. The van der Waals surface area contributed by atoms with E-state index in [1.807, 2.05) is 0 Å². The van der Waals surface area contributed by atoms with Crippen molar-refractivity contribution in [3.63, 3.8) is 0 Å². The Morgan fingerprint density at radius 3 is 2.79 bits per heavy atom. The summed E-state index contributed by atoms with van der Waals surface area (Å²) in [6.45, 7) is 3.90. The fourth-order valence-electron chi connectivity index (χ4n) is 2.49. The number of ether oxygens (including phenoxy) is 1. The highest BCUT2D eigenvalue weighted by molar-refractivity contribution is 4.96. The van der Waals surface area contributed by atoms with Crippen LogP contribution in [0.15, 0.2) is 0 Å². The number of alkyl halides is 1. The van der Waals surface area contributed by atoms with Crippen LogP contribution in [0.1, 0.15) is 19.3 Å². The highest BCUT2D eigenvalue weighted by Crippen LogP contribution is 2.46. The predicted octanol–water partition coefficient (Wildman–Crippen LogP) is 1.70. The molecule has 1 saturated carbocycles. The van der Waals surface area contributed by atoms with Crippen molar-refractivity contribution >= 4 is 0 Å². The maximum atomic E-state index is 12.4. The van der Waals surface area contributed by atoms with E-state index in [1.54, 1.807) is 7.11 Å². The molecule has 0 spiro atoms. The lowest BCUT2D eigenvalue weighted by atomic mass is 10.1. The Hall–Kier alpha value is -0.150. The van der Waals surface area contributed by atoms with Gasteiger partial charge in [0.1, 0.15) is 0 Å². The average molecular weight is 201 g/mol. The van der Waals surface area contributed by atoms with Gasteiger partial charge in [-0.05, 0) is 25.8 Å². The highest BCUT2D eigenvalue weighted by atomic mass is 19.1. The molecule has 1 aliphatic heterocycles. The quantitative estimate of drug-likeness (QED) is 0.671. The number of hydrogen-bond donors (Lipinski definition) is 0. The molecule has 0 aromatic rings. The average Bonchev–Trinajstić information content (AvgIpc) is 2.78. The SMILES string of the molecule is COCC1(CN2CCC(CF)C2)CC1. The van der Waals surface area contributed by atoms with Crippen LogP contribution in [0.5, 0.6) is 0 Å². The molecule has 14 heavy (non-hydrogen) atoms. The van der Waals surface area contributed by atoms with E-state index in [0.29, 0.717) is 11.3 Å². The zero-order valence-corrected chi connectivity index (χ0v) is 8.97. The van der Waals surface area contributed by atoms with Gasteiger partial charge in [-0.1, -0.05) is 0 Å². The zero-order valence-electron chi connectivity index (χ0n) is 8.97. The number of likely N-dealkylation sites (tertiary alicyclic amines) is 1. The largest absolute Gasteiger partial charge is 0.384 e. The predicted molar refractivity (Wildman–Crippen MR) is 54.1 cm³/mol. The third-order valence-corrected chi connectivity index (χ3v) is 3.55. The first-order chi connectivity index (χ1) is 6.78. The Labute approximate surface area is 85.4 Å². The number of rotatable bonds is 5. The van der Waals surface area contributed by atoms with Crippen LogP contribution in [0.4, 0.5) is 4.39 Å². The van der Waals surface area contributed by atoms with E-state index in [1.165, 1.54) is 12.8 Å². The van der Waals surface area contributed by atoms with Gasteiger partial charge in [0, 0.05) is 31.5 Å². The molecule has 2 fully saturated rings. The van der Waals surface area contributed by atoms with Crippen LogP contribution in [-0.2, 0) is 4.74 Å². The molecule has 3 heteroatoms. The van der Waals surface area contributed by atoms with Crippen LogP contribution in [0.25, 0.3) is 0 Å². The third-order valence-electron chi connectivity index (χ3n) is 3.55. The van der Waals surface area contributed by atoms with Crippen molar-refractivity contribution in [2.24, 2.45) is 11.3 Å². The molecule has 0 radical (unpaired) electrons. The minimum absolute atomic E-state index is 0.145. The van der Waals surface area contributed by atoms with Crippen LogP contribution in [0.3, 0.4) is 0 Å². The second kappa shape index (κ2) is 4.15. The Morgan fingerprint density at radius 1 is 1.50 bits per heavy atom. The van der Waals surface area contributed by atoms with Gasteiger partial charge in [-0.25, -0.2) is 0 Å². The number of hydrogen-bond acceptors (Lipinski definition) is 2. The summed E-state index contributed by atoms with van der Waals surface area (Å²) in [6, 6.07) is 0. The maximum absolute atomic E-state index is 12.4. The molecule has 2 nitrogen and oxygen atoms in total. The standard InChI is InChI=1S/C11H20FNO/c1-14-9-11(3-4-11)8-13-5-2-10(6-12)7-13/h10H,2-9H2,1H3. The van der Waals surface area contributed by atoms with Gasteiger partial charge >= 0.3 is 0 Å². The molecule has 0 amide bonds. The smallest absolute Gasteiger partial charge is 0.0935 e. The Kier molecular flexibility index (Phi) is 3.07. The fraction of sp³-hybridized carbons (Fsp3) is 1.00. The monoisotopic (exact) mass is 201 g/mol. The Morgan fingerprint density at radius 2 is 2.29 bits per heavy atom. The summed E-state index contributed by atoms with van der Waals surface area (Å²) in [5, 5.41) is 0. The van der Waals surface area contributed by atoms with Crippen LogP contribution in [0.2, 0.25) is 0 Å². The van der Waals surface area contributed by atoms with Gasteiger partial charge < -0.3 is 9.64 Å². The molecule has 0 bridgehead atoms. The van der Waals surface area contributed by atoms with Gasteiger partial charge in [-0.15, -0.1) is 0 Å². The molecule has 1 saturated heterocycles. The van der Waals surface area contributed by atoms with E-state index in [9.17, 15) is 4.39 Å². The summed E-state index contributed by atoms with van der Waals surface area (Å²) >= 11 is 0. The first-order valence-electron chi connectivity index (χ1n) is 5.55. The summed E-state index contributed by atoms with van der Waals surface area (Å²) in [5.74, 6) is 0.299. The summed E-state index contributed by atoms with van der Waals surface area (Å²) in [4.78, 5) is 2.41. The normalized spacial score (nSPS) is 30.9. The van der Waals surface area contributed by atoms with E-state index in [0.717, 1.165) is 32.7 Å². The number of nitrogens with zero attached hydrogens (tertiary/aromatic N) is 1. The summed E-state index contributed by atoms with van der Waals surface area (Å²) in [6.07, 6.45) is 3.62. The van der Waals surface area contributed by atoms with Gasteiger partial charge in [0.15, 0.2) is 0 Å². The van der Waals surface area contributed by atoms with Crippen molar-refractivity contribution in [1.29, 1.82) is 0 Å². The van der Waals surface area contributed by atoms with Crippen LogP contribution >= 0.6 is 0 Å². The van der Waals surface area contributed by atoms with Crippen molar-refractivity contribution in [2.45, 2.75) is 19.3 Å². The van der Waals surface area contributed by atoms with Crippen LogP contribution < -0.4 is 0 Å². The molecule has 82 valence electrons. The van der Waals surface area contributed by atoms with Gasteiger partial charge in [0.2, 0.25) is 0 Å². The molecule has 2 rings (SSSR count). The summed E-state index contributed by atoms with van der Waals surface area (Å²) < 4.78 is 17.6. The Bertz CT molecular complexity index is 194. The lowest BCUT2D eigenvalue weighted by Gasteiger charge is -2.22. The van der Waals surface area contributed by atoms with Crippen molar-refractivity contribution in [1.82, 2.24) is 4.90 Å². The molecule has 2 aliphatic rings. The molecule has 0 aromatic carbocycles. The maximum Gasteiger partial charge on any atom is 0.0935 e. The lowest BCUT2D eigenvalue weighted by Crippen LogP contribution is -2.31. The molecule has 1 atom stereocenters. The van der Waals surface area contributed by atoms with E-state index in [-0.39, 0.29) is 6.67 Å². The first kappa shape index (κ1) is 10.4. The van der Waals surface area contributed by atoms with Crippen molar-refractivity contribution in [2.75, 3.05) is 40.0 Å². The molecular weight excluding hydrogens is 181 g/mol. The lowest BCUT2D eigenvalue weighted by molar-refractivity contribution is 0.114. The second-order valence-electron chi connectivity index (χ2n) is 4.98. The van der Waals surface area contributed by atoms with Gasteiger partial charge in [0.05, 0.1) is 13.3 Å². The van der Waals surface area contributed by atoms with E-state index in [4.69, 9.17) is 4.74 Å². The summed E-state index contributed by atoms with van der Waals surface area (Å²) in [5.41, 5.74) is 0.431. The Balaban J connectivity index is 1.76. The molecule has 1 unspecified atom stereocenters. The third kappa shape index (κ3) is 2.26. The molecule has 1 heterocycles. The van der Waals surface area contributed by atoms with E-state index < -0.39 is 0 Å². The van der Waals surface area contributed by atoms with Crippen molar-refractivity contribution in [3.05, 3.63) is 0 Å². The van der Waals surface area contributed by atoms with Gasteiger partial charge in [-0.3, -0.25) is 4.39 Å². The summed E-state index contributed by atoms with van der Waals surface area (Å²) in [7, 11) is 1.77. The van der Waals surface area contributed by atoms with Crippen molar-refractivity contribution < 1.29 is 9.13 Å². The minimum atomic E-state index is -0.145. The molecular formula is C11H20FNO. The van der Waals surface area contributed by atoms with Crippen LogP contribution in [-0.4, -0.2) is 44.9 Å². The zero-order chi connectivity index (χ0) is 10.0.